The second-order valence-corrected chi connectivity index (χ2v) is 7.48. The molecule has 0 aliphatic rings. The number of carboxylic acids is 1. The van der Waals surface area contributed by atoms with Crippen molar-refractivity contribution in [1.82, 2.24) is 5.32 Å². The number of carbonyl (C=O) groups is 4. The molecule has 0 fully saturated rings. The summed E-state index contributed by atoms with van der Waals surface area (Å²) in [7, 11) is 0. The Labute approximate surface area is 170 Å². The SMILES string of the molecule is CCOC(=O)C[C@@H](C(=O)OCC)[C@H](NC(=O)c1ccc(C(C)(C)C)cc1)C(=O)O. The molecule has 2 N–H and O–H groups in total. The van der Waals surface area contributed by atoms with Gasteiger partial charge in [-0.2, -0.15) is 0 Å². The first-order chi connectivity index (χ1) is 13.5. The molecular weight excluding hydrogens is 378 g/mol. The molecular formula is C21H29NO7. The second-order valence-electron chi connectivity index (χ2n) is 7.48. The summed E-state index contributed by atoms with van der Waals surface area (Å²) in [4.78, 5) is 48.4. The largest absolute Gasteiger partial charge is 0.480 e. The van der Waals surface area contributed by atoms with Gasteiger partial charge < -0.3 is 19.9 Å². The summed E-state index contributed by atoms with van der Waals surface area (Å²) >= 11 is 0. The van der Waals surface area contributed by atoms with Crippen LogP contribution in [0.5, 0.6) is 0 Å². The van der Waals surface area contributed by atoms with Crippen LogP contribution in [0.25, 0.3) is 0 Å². The summed E-state index contributed by atoms with van der Waals surface area (Å²) in [6, 6.07) is 5.09. The lowest BCUT2D eigenvalue weighted by Crippen LogP contribution is -2.49. The third-order valence-corrected chi connectivity index (χ3v) is 4.25. The van der Waals surface area contributed by atoms with Crippen LogP contribution in [0, 0.1) is 5.92 Å². The zero-order valence-electron chi connectivity index (χ0n) is 17.5. The number of esters is 2. The molecule has 2 atom stereocenters. The van der Waals surface area contributed by atoms with Crippen LogP contribution < -0.4 is 5.32 Å². The van der Waals surface area contributed by atoms with Gasteiger partial charge in [-0.25, -0.2) is 4.79 Å². The van der Waals surface area contributed by atoms with Crippen molar-refractivity contribution in [1.29, 1.82) is 0 Å². The molecule has 1 aromatic rings. The smallest absolute Gasteiger partial charge is 0.327 e. The average molecular weight is 407 g/mol. The van der Waals surface area contributed by atoms with Gasteiger partial charge in [0, 0.05) is 5.56 Å². The molecule has 0 spiro atoms. The molecule has 160 valence electrons. The van der Waals surface area contributed by atoms with Crippen molar-refractivity contribution in [2.75, 3.05) is 13.2 Å². The minimum Gasteiger partial charge on any atom is -0.480 e. The Balaban J connectivity index is 3.08. The molecule has 0 heterocycles. The Bertz CT molecular complexity index is 734. The van der Waals surface area contributed by atoms with Crippen LogP contribution in [-0.2, 0) is 29.3 Å². The van der Waals surface area contributed by atoms with E-state index >= 15 is 0 Å². The number of aliphatic carboxylic acids is 1. The van der Waals surface area contributed by atoms with E-state index in [0.29, 0.717) is 0 Å². The van der Waals surface area contributed by atoms with Gasteiger partial charge in [-0.3, -0.25) is 14.4 Å². The number of hydrogen-bond donors (Lipinski definition) is 2. The van der Waals surface area contributed by atoms with Gasteiger partial charge in [0.2, 0.25) is 0 Å². The lowest BCUT2D eigenvalue weighted by Gasteiger charge is -2.23. The van der Waals surface area contributed by atoms with Gasteiger partial charge >= 0.3 is 17.9 Å². The van der Waals surface area contributed by atoms with Crippen molar-refractivity contribution in [3.05, 3.63) is 35.4 Å². The molecule has 1 aromatic carbocycles. The first kappa shape index (κ1) is 24.1. The molecule has 0 aliphatic carbocycles. The second kappa shape index (κ2) is 10.6. The van der Waals surface area contributed by atoms with Crippen LogP contribution in [0.3, 0.4) is 0 Å². The highest BCUT2D eigenvalue weighted by Crippen LogP contribution is 2.22. The monoisotopic (exact) mass is 407 g/mol. The average Bonchev–Trinajstić information content (AvgIpc) is 2.64. The maximum Gasteiger partial charge on any atom is 0.327 e. The number of benzene rings is 1. The lowest BCUT2D eigenvalue weighted by molar-refractivity contribution is -0.159. The van der Waals surface area contributed by atoms with Crippen LogP contribution in [0.15, 0.2) is 24.3 Å². The highest BCUT2D eigenvalue weighted by Gasteiger charge is 2.38. The van der Waals surface area contributed by atoms with Crippen LogP contribution in [0.2, 0.25) is 0 Å². The summed E-state index contributed by atoms with van der Waals surface area (Å²) in [6.07, 6.45) is -0.521. The van der Waals surface area contributed by atoms with Gasteiger partial charge in [0.05, 0.1) is 25.6 Å². The Kier molecular flexibility index (Phi) is 8.82. The van der Waals surface area contributed by atoms with Gasteiger partial charge in [-0.15, -0.1) is 0 Å². The minimum absolute atomic E-state index is 0.00666. The van der Waals surface area contributed by atoms with Crippen LogP contribution in [-0.4, -0.2) is 48.2 Å². The molecule has 0 saturated carbocycles. The Morgan fingerprint density at radius 1 is 1.00 bits per heavy atom. The van der Waals surface area contributed by atoms with E-state index in [9.17, 15) is 24.3 Å². The fourth-order valence-corrected chi connectivity index (χ4v) is 2.67. The third-order valence-electron chi connectivity index (χ3n) is 4.25. The summed E-state index contributed by atoms with van der Waals surface area (Å²) < 4.78 is 9.71. The van der Waals surface area contributed by atoms with E-state index in [1.165, 1.54) is 0 Å². The zero-order chi connectivity index (χ0) is 22.2. The third kappa shape index (κ3) is 7.21. The molecule has 0 saturated heterocycles. The quantitative estimate of drug-likeness (QED) is 0.603. The standard InChI is InChI=1S/C21H29NO7/c1-6-28-16(23)12-15(20(27)29-7-2)17(19(25)26)22-18(24)13-8-10-14(11-9-13)21(3,4)5/h8-11,15,17H,6-7,12H2,1-5H3,(H,22,24)(H,25,26)/t15-,17+/m1/s1. The Morgan fingerprint density at radius 2 is 1.55 bits per heavy atom. The van der Waals surface area contributed by atoms with Gasteiger partial charge in [0.1, 0.15) is 6.04 Å². The first-order valence-electron chi connectivity index (χ1n) is 9.47. The van der Waals surface area contributed by atoms with Crippen molar-refractivity contribution < 1.29 is 33.8 Å². The minimum atomic E-state index is -1.65. The predicted molar refractivity (Wildman–Crippen MR) is 105 cm³/mol. The van der Waals surface area contributed by atoms with Crippen molar-refractivity contribution in [3.63, 3.8) is 0 Å². The molecule has 8 heteroatoms. The first-order valence-corrected chi connectivity index (χ1v) is 9.47. The van der Waals surface area contributed by atoms with Crippen molar-refractivity contribution in [2.45, 2.75) is 52.5 Å². The number of carbonyl (C=O) groups excluding carboxylic acids is 3. The van der Waals surface area contributed by atoms with Crippen molar-refractivity contribution in [3.8, 4) is 0 Å². The number of amides is 1. The molecule has 1 amide bonds. The van der Waals surface area contributed by atoms with E-state index in [2.05, 4.69) is 5.32 Å². The molecule has 0 aliphatic heterocycles. The Morgan fingerprint density at radius 3 is 2.00 bits per heavy atom. The fraction of sp³-hybridized carbons (Fsp3) is 0.524. The van der Waals surface area contributed by atoms with Crippen molar-refractivity contribution >= 4 is 23.8 Å². The fourth-order valence-electron chi connectivity index (χ4n) is 2.67. The van der Waals surface area contributed by atoms with Gasteiger partial charge in [0.25, 0.3) is 5.91 Å². The van der Waals surface area contributed by atoms with E-state index < -0.39 is 42.2 Å². The molecule has 0 bridgehead atoms. The number of carboxylic acid groups (broad SMARTS) is 1. The van der Waals surface area contributed by atoms with Crippen LogP contribution in [0.1, 0.15) is 57.0 Å². The highest BCUT2D eigenvalue weighted by molar-refractivity contribution is 5.98. The lowest BCUT2D eigenvalue weighted by atomic mass is 9.86. The normalized spacial score (nSPS) is 13.1. The molecule has 0 aromatic heterocycles. The topological polar surface area (TPSA) is 119 Å². The Hall–Kier alpha value is -2.90. The van der Waals surface area contributed by atoms with Crippen molar-refractivity contribution in [2.24, 2.45) is 5.92 Å². The maximum atomic E-state index is 12.6. The van der Waals surface area contributed by atoms with E-state index in [1.807, 2.05) is 20.8 Å². The van der Waals surface area contributed by atoms with Gasteiger partial charge in [-0.05, 0) is 37.0 Å². The van der Waals surface area contributed by atoms with E-state index in [4.69, 9.17) is 9.47 Å². The summed E-state index contributed by atoms with van der Waals surface area (Å²) in [5.74, 6) is -5.18. The highest BCUT2D eigenvalue weighted by atomic mass is 16.5. The summed E-state index contributed by atoms with van der Waals surface area (Å²) in [5.41, 5.74) is 1.14. The molecule has 0 radical (unpaired) electrons. The van der Waals surface area contributed by atoms with Crippen LogP contribution in [0.4, 0.5) is 0 Å². The number of ether oxygens (including phenoxy) is 2. The maximum absolute atomic E-state index is 12.6. The summed E-state index contributed by atoms with van der Waals surface area (Å²) in [5, 5.41) is 11.9. The molecule has 29 heavy (non-hydrogen) atoms. The summed E-state index contributed by atoms with van der Waals surface area (Å²) in [6.45, 7) is 9.33. The number of rotatable bonds is 9. The van der Waals surface area contributed by atoms with Crippen LogP contribution >= 0.6 is 0 Å². The predicted octanol–water partition coefficient (Wildman–Crippen LogP) is 2.30. The van der Waals surface area contributed by atoms with E-state index in [-0.39, 0.29) is 24.2 Å². The zero-order valence-corrected chi connectivity index (χ0v) is 17.5. The van der Waals surface area contributed by atoms with E-state index in [1.54, 1.807) is 38.1 Å². The molecule has 1 rings (SSSR count). The number of nitrogens with one attached hydrogen (secondary N) is 1. The van der Waals surface area contributed by atoms with Gasteiger partial charge in [-0.1, -0.05) is 32.9 Å². The van der Waals surface area contributed by atoms with Gasteiger partial charge in [0.15, 0.2) is 0 Å². The molecule has 0 unspecified atom stereocenters. The van der Waals surface area contributed by atoms with E-state index in [0.717, 1.165) is 5.56 Å². The number of hydrogen-bond acceptors (Lipinski definition) is 6. The molecule has 8 nitrogen and oxygen atoms in total.